The van der Waals surface area contributed by atoms with Gasteiger partial charge in [-0.2, -0.15) is 0 Å². The standard InChI is InChI=1S/C13H30N2/c1-6-9-14-10-7-8-11-15(5)13(4)12(2)3/h12-14H,6-11H2,1-5H3. The van der Waals surface area contributed by atoms with Gasteiger partial charge in [0, 0.05) is 6.04 Å². The molecule has 0 aliphatic carbocycles. The third-order valence-electron chi connectivity index (χ3n) is 3.20. The molecular weight excluding hydrogens is 184 g/mol. The Morgan fingerprint density at radius 2 is 1.73 bits per heavy atom. The van der Waals surface area contributed by atoms with Gasteiger partial charge in [0.25, 0.3) is 0 Å². The third-order valence-corrected chi connectivity index (χ3v) is 3.20. The number of rotatable bonds is 9. The van der Waals surface area contributed by atoms with Gasteiger partial charge in [0.15, 0.2) is 0 Å². The highest BCUT2D eigenvalue weighted by molar-refractivity contribution is 4.66. The fourth-order valence-electron chi connectivity index (χ4n) is 1.63. The number of hydrogen-bond acceptors (Lipinski definition) is 2. The molecule has 0 fully saturated rings. The van der Waals surface area contributed by atoms with Crippen molar-refractivity contribution in [2.75, 3.05) is 26.7 Å². The molecule has 0 rings (SSSR count). The molecule has 92 valence electrons. The molecule has 0 radical (unpaired) electrons. The maximum atomic E-state index is 3.44. The van der Waals surface area contributed by atoms with Crippen LogP contribution in [0.4, 0.5) is 0 Å². The zero-order valence-electron chi connectivity index (χ0n) is 11.3. The lowest BCUT2D eigenvalue weighted by Crippen LogP contribution is -2.34. The average Bonchev–Trinajstić information content (AvgIpc) is 2.21. The third kappa shape index (κ3) is 7.80. The normalized spacial score (nSPS) is 13.8. The van der Waals surface area contributed by atoms with Crippen LogP contribution in [0.1, 0.15) is 47.0 Å². The van der Waals surface area contributed by atoms with Crippen molar-refractivity contribution in [3.63, 3.8) is 0 Å². The second-order valence-electron chi connectivity index (χ2n) is 4.92. The Balaban J connectivity index is 3.34. The molecule has 0 aliphatic rings. The van der Waals surface area contributed by atoms with Gasteiger partial charge in [0.05, 0.1) is 0 Å². The largest absolute Gasteiger partial charge is 0.317 e. The Morgan fingerprint density at radius 3 is 2.27 bits per heavy atom. The van der Waals surface area contributed by atoms with E-state index in [4.69, 9.17) is 0 Å². The number of nitrogens with one attached hydrogen (secondary N) is 1. The van der Waals surface area contributed by atoms with Gasteiger partial charge in [-0.1, -0.05) is 20.8 Å². The fourth-order valence-corrected chi connectivity index (χ4v) is 1.63. The minimum atomic E-state index is 0.702. The van der Waals surface area contributed by atoms with Gasteiger partial charge in [0.1, 0.15) is 0 Å². The van der Waals surface area contributed by atoms with Crippen LogP contribution in [-0.2, 0) is 0 Å². The van der Waals surface area contributed by atoms with Gasteiger partial charge in [-0.3, -0.25) is 0 Å². The Labute approximate surface area is 96.4 Å². The minimum absolute atomic E-state index is 0.702. The van der Waals surface area contributed by atoms with Gasteiger partial charge in [-0.25, -0.2) is 0 Å². The van der Waals surface area contributed by atoms with Crippen molar-refractivity contribution in [2.45, 2.75) is 53.0 Å². The van der Waals surface area contributed by atoms with Gasteiger partial charge < -0.3 is 10.2 Å². The highest BCUT2D eigenvalue weighted by Gasteiger charge is 2.11. The summed E-state index contributed by atoms with van der Waals surface area (Å²) < 4.78 is 0. The monoisotopic (exact) mass is 214 g/mol. The quantitative estimate of drug-likeness (QED) is 0.594. The minimum Gasteiger partial charge on any atom is -0.317 e. The molecular formula is C13H30N2. The lowest BCUT2D eigenvalue weighted by molar-refractivity contribution is 0.204. The van der Waals surface area contributed by atoms with Crippen LogP contribution >= 0.6 is 0 Å². The van der Waals surface area contributed by atoms with Gasteiger partial charge >= 0.3 is 0 Å². The Morgan fingerprint density at radius 1 is 1.07 bits per heavy atom. The predicted molar refractivity (Wildman–Crippen MR) is 69.3 cm³/mol. The molecule has 15 heavy (non-hydrogen) atoms. The van der Waals surface area contributed by atoms with Crippen LogP contribution in [0.5, 0.6) is 0 Å². The van der Waals surface area contributed by atoms with Crippen molar-refractivity contribution in [2.24, 2.45) is 5.92 Å². The van der Waals surface area contributed by atoms with Gasteiger partial charge in [-0.15, -0.1) is 0 Å². The lowest BCUT2D eigenvalue weighted by atomic mass is 10.1. The SMILES string of the molecule is CCCNCCCCN(C)C(C)C(C)C. The Kier molecular flexibility index (Phi) is 9.12. The number of unbranched alkanes of at least 4 members (excludes halogenated alkanes) is 1. The molecule has 1 atom stereocenters. The van der Waals surface area contributed by atoms with Crippen LogP contribution in [0.15, 0.2) is 0 Å². The molecule has 0 aromatic carbocycles. The molecule has 1 N–H and O–H groups in total. The van der Waals surface area contributed by atoms with E-state index in [2.05, 4.69) is 45.0 Å². The molecule has 0 spiro atoms. The van der Waals surface area contributed by atoms with E-state index >= 15 is 0 Å². The molecule has 0 aromatic heterocycles. The van der Waals surface area contributed by atoms with Crippen LogP contribution in [0.2, 0.25) is 0 Å². The predicted octanol–water partition coefficient (Wildman–Crippen LogP) is 2.74. The van der Waals surface area contributed by atoms with Crippen molar-refractivity contribution in [1.29, 1.82) is 0 Å². The summed E-state index contributed by atoms with van der Waals surface area (Å²) in [7, 11) is 2.24. The maximum absolute atomic E-state index is 3.44. The van der Waals surface area contributed by atoms with E-state index in [1.807, 2.05) is 0 Å². The van der Waals surface area contributed by atoms with E-state index in [0.717, 1.165) is 12.5 Å². The van der Waals surface area contributed by atoms with E-state index in [9.17, 15) is 0 Å². The molecule has 0 aromatic rings. The van der Waals surface area contributed by atoms with Crippen molar-refractivity contribution < 1.29 is 0 Å². The number of nitrogens with zero attached hydrogens (tertiary/aromatic N) is 1. The van der Waals surface area contributed by atoms with Crippen molar-refractivity contribution in [3.8, 4) is 0 Å². The van der Waals surface area contributed by atoms with Crippen molar-refractivity contribution in [3.05, 3.63) is 0 Å². The first kappa shape index (κ1) is 14.9. The van der Waals surface area contributed by atoms with E-state index in [0.29, 0.717) is 6.04 Å². The zero-order chi connectivity index (χ0) is 11.7. The summed E-state index contributed by atoms with van der Waals surface area (Å²) in [5, 5.41) is 3.44. The summed E-state index contributed by atoms with van der Waals surface area (Å²) in [6.45, 7) is 12.7. The molecule has 2 nitrogen and oxygen atoms in total. The van der Waals surface area contributed by atoms with Crippen LogP contribution in [0.3, 0.4) is 0 Å². The van der Waals surface area contributed by atoms with Gasteiger partial charge in [-0.05, 0) is 58.8 Å². The van der Waals surface area contributed by atoms with Crippen LogP contribution in [0, 0.1) is 5.92 Å². The van der Waals surface area contributed by atoms with Gasteiger partial charge in [0.2, 0.25) is 0 Å². The fraction of sp³-hybridized carbons (Fsp3) is 1.00. The van der Waals surface area contributed by atoms with E-state index in [1.165, 1.54) is 32.4 Å². The first-order valence-electron chi connectivity index (χ1n) is 6.50. The smallest absolute Gasteiger partial charge is 0.00868 e. The molecule has 0 heterocycles. The summed E-state index contributed by atoms with van der Waals surface area (Å²) in [6.07, 6.45) is 3.85. The molecule has 0 saturated carbocycles. The topological polar surface area (TPSA) is 15.3 Å². The molecule has 0 saturated heterocycles. The summed E-state index contributed by atoms with van der Waals surface area (Å²) in [5.41, 5.74) is 0. The van der Waals surface area contributed by atoms with E-state index < -0.39 is 0 Å². The highest BCUT2D eigenvalue weighted by atomic mass is 15.1. The maximum Gasteiger partial charge on any atom is 0.00868 e. The summed E-state index contributed by atoms with van der Waals surface area (Å²) in [5.74, 6) is 0.758. The second-order valence-corrected chi connectivity index (χ2v) is 4.92. The van der Waals surface area contributed by atoms with E-state index in [-0.39, 0.29) is 0 Å². The first-order chi connectivity index (χ1) is 7.09. The van der Waals surface area contributed by atoms with Crippen molar-refractivity contribution in [1.82, 2.24) is 10.2 Å². The number of hydrogen-bond donors (Lipinski definition) is 1. The highest BCUT2D eigenvalue weighted by Crippen LogP contribution is 2.08. The van der Waals surface area contributed by atoms with E-state index in [1.54, 1.807) is 0 Å². The molecule has 2 heteroatoms. The average molecular weight is 214 g/mol. The first-order valence-corrected chi connectivity index (χ1v) is 6.50. The molecule has 0 aliphatic heterocycles. The van der Waals surface area contributed by atoms with Crippen LogP contribution in [0.25, 0.3) is 0 Å². The summed E-state index contributed by atoms with van der Waals surface area (Å²) >= 11 is 0. The lowest BCUT2D eigenvalue weighted by Gasteiger charge is -2.27. The molecule has 0 amide bonds. The van der Waals surface area contributed by atoms with Crippen LogP contribution in [-0.4, -0.2) is 37.6 Å². The molecule has 0 bridgehead atoms. The molecule has 1 unspecified atom stereocenters. The summed E-state index contributed by atoms with van der Waals surface area (Å²) in [6, 6.07) is 0.702. The zero-order valence-corrected chi connectivity index (χ0v) is 11.3. The summed E-state index contributed by atoms with van der Waals surface area (Å²) in [4.78, 5) is 2.48. The Hall–Kier alpha value is -0.0800. The second kappa shape index (κ2) is 9.17. The van der Waals surface area contributed by atoms with Crippen molar-refractivity contribution >= 4 is 0 Å². The Bertz CT molecular complexity index is 134. The van der Waals surface area contributed by atoms with Crippen LogP contribution < -0.4 is 5.32 Å².